The van der Waals surface area contributed by atoms with Gasteiger partial charge in [-0.3, -0.25) is 4.79 Å². The van der Waals surface area contributed by atoms with E-state index in [2.05, 4.69) is 5.32 Å². The van der Waals surface area contributed by atoms with Gasteiger partial charge in [0.2, 0.25) is 0 Å². The number of hydrogen-bond donors (Lipinski definition) is 1. The molecule has 3 rings (SSSR count). The van der Waals surface area contributed by atoms with Gasteiger partial charge < -0.3 is 10.1 Å². The lowest BCUT2D eigenvalue weighted by atomic mass is 9.96. The number of hydrogen-bond acceptors (Lipinski definition) is 2. The molecule has 1 amide bonds. The number of amides is 1. The highest BCUT2D eigenvalue weighted by Gasteiger charge is 2.20. The summed E-state index contributed by atoms with van der Waals surface area (Å²) in [6.07, 6.45) is 0.612. The second kappa shape index (κ2) is 10.3. The van der Waals surface area contributed by atoms with Gasteiger partial charge in [0, 0.05) is 16.1 Å². The summed E-state index contributed by atoms with van der Waals surface area (Å²) in [7, 11) is 0. The summed E-state index contributed by atoms with van der Waals surface area (Å²) in [6.45, 7) is 4.43. The van der Waals surface area contributed by atoms with Gasteiger partial charge in [0.25, 0.3) is 5.91 Å². The zero-order chi connectivity index (χ0) is 21.5. The van der Waals surface area contributed by atoms with Gasteiger partial charge in [-0.1, -0.05) is 61.8 Å². The van der Waals surface area contributed by atoms with Gasteiger partial charge in [-0.05, 0) is 54.3 Å². The van der Waals surface area contributed by atoms with Crippen LogP contribution in [0.4, 0.5) is 4.39 Å². The molecule has 0 saturated carbocycles. The van der Waals surface area contributed by atoms with Crippen molar-refractivity contribution in [3.8, 4) is 5.75 Å². The first-order valence-electron chi connectivity index (χ1n) is 9.95. The molecule has 0 heterocycles. The Labute approximate surface area is 181 Å². The van der Waals surface area contributed by atoms with Crippen LogP contribution < -0.4 is 10.1 Å². The fraction of sp³-hybridized carbons (Fsp3) is 0.240. The Balaban J connectivity index is 1.73. The zero-order valence-corrected chi connectivity index (χ0v) is 17.8. The average molecular weight is 426 g/mol. The van der Waals surface area contributed by atoms with Gasteiger partial charge in [0.1, 0.15) is 18.2 Å². The Morgan fingerprint density at radius 2 is 1.80 bits per heavy atom. The Hall–Kier alpha value is -2.85. The molecule has 3 nitrogen and oxygen atoms in total. The van der Waals surface area contributed by atoms with Gasteiger partial charge in [0.15, 0.2) is 0 Å². The first-order chi connectivity index (χ1) is 14.4. The number of benzene rings is 3. The maximum atomic E-state index is 14.5. The highest BCUT2D eigenvalue weighted by molar-refractivity contribution is 6.30. The van der Waals surface area contributed by atoms with Crippen LogP contribution in [0.25, 0.3) is 0 Å². The van der Waals surface area contributed by atoms with Crippen LogP contribution in [0.15, 0.2) is 72.8 Å². The molecule has 30 heavy (non-hydrogen) atoms. The van der Waals surface area contributed by atoms with Crippen LogP contribution >= 0.6 is 11.6 Å². The summed E-state index contributed by atoms with van der Waals surface area (Å²) in [5.74, 6) is 0.369. The van der Waals surface area contributed by atoms with E-state index in [0.717, 1.165) is 11.3 Å². The highest BCUT2D eigenvalue weighted by Crippen LogP contribution is 2.26. The van der Waals surface area contributed by atoms with Gasteiger partial charge in [0.05, 0.1) is 6.04 Å². The van der Waals surface area contributed by atoms with Crippen LogP contribution in [0, 0.1) is 11.7 Å². The number of carbonyl (C=O) groups excluding carboxylic acids is 1. The maximum Gasteiger partial charge on any atom is 0.251 e. The summed E-state index contributed by atoms with van der Waals surface area (Å²) in [5.41, 5.74) is 1.82. The molecule has 0 radical (unpaired) electrons. The van der Waals surface area contributed by atoms with Crippen LogP contribution in [0.1, 0.15) is 47.8 Å². The second-order valence-electron chi connectivity index (χ2n) is 7.62. The van der Waals surface area contributed by atoms with Crippen molar-refractivity contribution in [3.63, 3.8) is 0 Å². The maximum absolute atomic E-state index is 14.5. The summed E-state index contributed by atoms with van der Waals surface area (Å²) in [5, 5.41) is 3.31. The number of nitrogens with one attached hydrogen (secondary N) is 1. The lowest BCUT2D eigenvalue weighted by Gasteiger charge is -2.22. The molecule has 1 atom stereocenters. The monoisotopic (exact) mass is 425 g/mol. The Morgan fingerprint density at radius 1 is 1.03 bits per heavy atom. The van der Waals surface area contributed by atoms with Crippen molar-refractivity contribution in [2.45, 2.75) is 32.9 Å². The molecule has 5 heteroatoms. The van der Waals surface area contributed by atoms with Crippen molar-refractivity contribution in [3.05, 3.63) is 100 Å². The topological polar surface area (TPSA) is 38.3 Å². The van der Waals surface area contributed by atoms with E-state index < -0.39 is 11.9 Å². The predicted octanol–water partition coefficient (Wildman–Crippen LogP) is 6.58. The van der Waals surface area contributed by atoms with Crippen molar-refractivity contribution >= 4 is 17.5 Å². The smallest absolute Gasteiger partial charge is 0.251 e. The summed E-state index contributed by atoms with van der Waals surface area (Å²) < 4.78 is 20.2. The number of ether oxygens (including phenoxy) is 1. The first-order valence-corrected chi connectivity index (χ1v) is 10.3. The lowest BCUT2D eigenvalue weighted by Crippen LogP contribution is -2.30. The molecule has 0 saturated heterocycles. The van der Waals surface area contributed by atoms with Crippen molar-refractivity contribution in [2.24, 2.45) is 5.92 Å². The molecule has 0 aromatic heterocycles. The van der Waals surface area contributed by atoms with Gasteiger partial charge in [-0.2, -0.15) is 0 Å². The number of para-hydroxylation sites is 1. The largest absolute Gasteiger partial charge is 0.489 e. The minimum Gasteiger partial charge on any atom is -0.489 e. The Bertz CT molecular complexity index is 991. The Kier molecular flexibility index (Phi) is 7.47. The first kappa shape index (κ1) is 21.8. The van der Waals surface area contributed by atoms with E-state index in [9.17, 15) is 9.18 Å². The van der Waals surface area contributed by atoms with Crippen LogP contribution in [-0.4, -0.2) is 5.91 Å². The quantitative estimate of drug-likeness (QED) is 0.443. The average Bonchev–Trinajstić information content (AvgIpc) is 2.72. The Morgan fingerprint density at radius 3 is 2.50 bits per heavy atom. The fourth-order valence-electron chi connectivity index (χ4n) is 3.25. The molecule has 0 aliphatic heterocycles. The molecule has 0 aliphatic carbocycles. The van der Waals surface area contributed by atoms with E-state index >= 15 is 0 Å². The third kappa shape index (κ3) is 6.07. The predicted molar refractivity (Wildman–Crippen MR) is 118 cm³/mol. The molecule has 0 aliphatic rings. The summed E-state index contributed by atoms with van der Waals surface area (Å²) in [4.78, 5) is 12.9. The number of carbonyl (C=O) groups is 1. The molecule has 3 aromatic rings. The molecule has 1 unspecified atom stereocenters. The van der Waals surface area contributed by atoms with Crippen LogP contribution in [0.3, 0.4) is 0 Å². The molecule has 3 aromatic carbocycles. The van der Waals surface area contributed by atoms with E-state index in [1.54, 1.807) is 24.3 Å². The minimum absolute atomic E-state index is 0.253. The zero-order valence-electron chi connectivity index (χ0n) is 17.1. The fourth-order valence-corrected chi connectivity index (χ4v) is 3.41. The molecule has 0 fully saturated rings. The summed E-state index contributed by atoms with van der Waals surface area (Å²) >= 11 is 5.88. The van der Waals surface area contributed by atoms with E-state index in [4.69, 9.17) is 16.3 Å². The minimum atomic E-state index is -0.445. The van der Waals surface area contributed by atoms with Crippen molar-refractivity contribution in [1.29, 1.82) is 0 Å². The molecule has 0 spiro atoms. The van der Waals surface area contributed by atoms with Crippen molar-refractivity contribution < 1.29 is 13.9 Å². The third-order valence-corrected chi connectivity index (χ3v) is 4.92. The van der Waals surface area contributed by atoms with E-state index in [1.165, 1.54) is 6.07 Å². The highest BCUT2D eigenvalue weighted by atomic mass is 35.5. The molecule has 1 N–H and O–H groups in total. The lowest BCUT2D eigenvalue weighted by molar-refractivity contribution is 0.0931. The normalized spacial score (nSPS) is 11.9. The number of rotatable bonds is 8. The standard InChI is InChI=1S/C25H25ClFNO2/c1-17(2)13-24(22-12-11-20(26)15-23(22)27)28-25(29)19-8-6-7-18(14-19)16-30-21-9-4-3-5-10-21/h3-12,14-15,17,24H,13,16H2,1-2H3,(H,28,29). The van der Waals surface area contributed by atoms with E-state index in [1.807, 2.05) is 56.3 Å². The van der Waals surface area contributed by atoms with Crippen molar-refractivity contribution in [1.82, 2.24) is 5.32 Å². The van der Waals surface area contributed by atoms with E-state index in [0.29, 0.717) is 29.2 Å². The van der Waals surface area contributed by atoms with Crippen LogP contribution in [-0.2, 0) is 6.61 Å². The van der Waals surface area contributed by atoms with E-state index in [-0.39, 0.29) is 11.8 Å². The van der Waals surface area contributed by atoms with Crippen LogP contribution in [0.5, 0.6) is 5.75 Å². The van der Waals surface area contributed by atoms with Gasteiger partial charge in [-0.15, -0.1) is 0 Å². The molecule has 0 bridgehead atoms. The second-order valence-corrected chi connectivity index (χ2v) is 8.06. The molecular weight excluding hydrogens is 401 g/mol. The van der Waals surface area contributed by atoms with Crippen LogP contribution in [0.2, 0.25) is 5.02 Å². The number of halogens is 2. The SMILES string of the molecule is CC(C)CC(NC(=O)c1cccc(COc2ccccc2)c1)c1ccc(Cl)cc1F. The van der Waals surface area contributed by atoms with Gasteiger partial charge >= 0.3 is 0 Å². The summed E-state index contributed by atoms with van der Waals surface area (Å²) in [6, 6.07) is 20.9. The van der Waals surface area contributed by atoms with Gasteiger partial charge in [-0.25, -0.2) is 4.39 Å². The molecule has 156 valence electrons. The molecular formula is C25H25ClFNO2. The van der Waals surface area contributed by atoms with Crippen molar-refractivity contribution in [2.75, 3.05) is 0 Å². The third-order valence-electron chi connectivity index (χ3n) is 4.69.